The lowest BCUT2D eigenvalue weighted by Gasteiger charge is -2.21. The molecule has 1 amide bonds. The SMILES string of the molecule is CC(C)NC(=O)c1coc(CN(Cc2ccccc2)Cc2ccc(Cl)cc2)n1. The lowest BCUT2D eigenvalue weighted by Crippen LogP contribution is -2.30. The summed E-state index contributed by atoms with van der Waals surface area (Å²) in [4.78, 5) is 18.7. The van der Waals surface area contributed by atoms with Crippen LogP contribution in [0, 0.1) is 0 Å². The molecule has 1 aromatic heterocycles. The molecule has 0 spiro atoms. The zero-order chi connectivity index (χ0) is 19.9. The molecule has 1 heterocycles. The van der Waals surface area contributed by atoms with Crippen molar-refractivity contribution >= 4 is 17.5 Å². The highest BCUT2D eigenvalue weighted by molar-refractivity contribution is 6.30. The topological polar surface area (TPSA) is 58.4 Å². The molecule has 0 fully saturated rings. The second-order valence-corrected chi connectivity index (χ2v) is 7.45. The second kappa shape index (κ2) is 9.53. The molecule has 3 aromatic rings. The number of hydrogen-bond donors (Lipinski definition) is 1. The maximum atomic E-state index is 12.1. The third-order valence-corrected chi connectivity index (χ3v) is 4.38. The number of amides is 1. The molecule has 0 aliphatic heterocycles. The molecule has 0 saturated heterocycles. The normalized spacial score (nSPS) is 11.2. The second-order valence-electron chi connectivity index (χ2n) is 7.01. The van der Waals surface area contributed by atoms with Crippen LogP contribution < -0.4 is 5.32 Å². The smallest absolute Gasteiger partial charge is 0.273 e. The molecule has 0 aliphatic rings. The van der Waals surface area contributed by atoms with Gasteiger partial charge in [0.25, 0.3) is 5.91 Å². The van der Waals surface area contributed by atoms with E-state index in [2.05, 4.69) is 27.3 Å². The number of benzene rings is 2. The van der Waals surface area contributed by atoms with Gasteiger partial charge in [-0.15, -0.1) is 0 Å². The highest BCUT2D eigenvalue weighted by Gasteiger charge is 2.16. The predicted octanol–water partition coefficient (Wildman–Crippen LogP) is 4.67. The van der Waals surface area contributed by atoms with Crippen molar-refractivity contribution < 1.29 is 9.21 Å². The van der Waals surface area contributed by atoms with E-state index in [0.29, 0.717) is 29.7 Å². The van der Waals surface area contributed by atoms with Crippen LogP contribution in [0.4, 0.5) is 0 Å². The Bertz CT molecular complexity index is 892. The average Bonchev–Trinajstić information content (AvgIpc) is 3.12. The summed E-state index contributed by atoms with van der Waals surface area (Å²) < 4.78 is 5.56. The van der Waals surface area contributed by atoms with E-state index in [1.54, 1.807) is 0 Å². The molecule has 3 rings (SSSR count). The molecule has 0 saturated carbocycles. The number of aromatic nitrogens is 1. The van der Waals surface area contributed by atoms with Crippen molar-refractivity contribution in [1.29, 1.82) is 0 Å². The van der Waals surface area contributed by atoms with Crippen LogP contribution in [0.1, 0.15) is 41.4 Å². The fourth-order valence-electron chi connectivity index (χ4n) is 2.87. The van der Waals surface area contributed by atoms with Gasteiger partial charge in [-0.1, -0.05) is 54.1 Å². The number of nitrogens with zero attached hydrogens (tertiary/aromatic N) is 2. The van der Waals surface area contributed by atoms with Crippen molar-refractivity contribution in [3.63, 3.8) is 0 Å². The molecule has 146 valence electrons. The molecular formula is C22H24ClN3O2. The first kappa shape index (κ1) is 20.1. The molecular weight excluding hydrogens is 374 g/mol. The number of carbonyl (C=O) groups excluding carboxylic acids is 1. The van der Waals surface area contributed by atoms with E-state index in [4.69, 9.17) is 16.0 Å². The van der Waals surface area contributed by atoms with E-state index in [-0.39, 0.29) is 11.9 Å². The fraction of sp³-hybridized carbons (Fsp3) is 0.273. The minimum atomic E-state index is -0.225. The minimum Gasteiger partial charge on any atom is -0.447 e. The predicted molar refractivity (Wildman–Crippen MR) is 110 cm³/mol. The van der Waals surface area contributed by atoms with Crippen LogP contribution in [-0.2, 0) is 19.6 Å². The van der Waals surface area contributed by atoms with E-state index in [1.807, 2.05) is 56.3 Å². The Morgan fingerprint density at radius 2 is 1.68 bits per heavy atom. The van der Waals surface area contributed by atoms with Crippen molar-refractivity contribution in [3.8, 4) is 0 Å². The summed E-state index contributed by atoms with van der Waals surface area (Å²) in [6, 6.07) is 18.1. The number of carbonyl (C=O) groups is 1. The number of hydrogen-bond acceptors (Lipinski definition) is 4. The van der Waals surface area contributed by atoms with Gasteiger partial charge in [0.15, 0.2) is 5.69 Å². The van der Waals surface area contributed by atoms with E-state index in [9.17, 15) is 4.79 Å². The van der Waals surface area contributed by atoms with Gasteiger partial charge in [0, 0.05) is 24.2 Å². The van der Waals surface area contributed by atoms with Gasteiger partial charge >= 0.3 is 0 Å². The first-order chi connectivity index (χ1) is 13.5. The summed E-state index contributed by atoms with van der Waals surface area (Å²) in [6.07, 6.45) is 1.41. The number of rotatable bonds is 8. The Kier molecular flexibility index (Phi) is 6.85. The van der Waals surface area contributed by atoms with Crippen LogP contribution in [0.3, 0.4) is 0 Å². The van der Waals surface area contributed by atoms with E-state index in [0.717, 1.165) is 12.1 Å². The van der Waals surface area contributed by atoms with Gasteiger partial charge in [-0.3, -0.25) is 9.69 Å². The van der Waals surface area contributed by atoms with Gasteiger partial charge < -0.3 is 9.73 Å². The molecule has 5 nitrogen and oxygen atoms in total. The van der Waals surface area contributed by atoms with Crippen molar-refractivity contribution in [3.05, 3.63) is 88.6 Å². The van der Waals surface area contributed by atoms with Crippen LogP contribution in [0.15, 0.2) is 65.3 Å². The van der Waals surface area contributed by atoms with Crippen molar-refractivity contribution in [2.24, 2.45) is 0 Å². The van der Waals surface area contributed by atoms with E-state index in [1.165, 1.54) is 11.8 Å². The summed E-state index contributed by atoms with van der Waals surface area (Å²) in [5.41, 5.74) is 2.64. The van der Waals surface area contributed by atoms with Crippen LogP contribution >= 0.6 is 11.6 Å². The van der Waals surface area contributed by atoms with Gasteiger partial charge in [0.05, 0.1) is 6.54 Å². The highest BCUT2D eigenvalue weighted by Crippen LogP contribution is 2.16. The van der Waals surface area contributed by atoms with E-state index >= 15 is 0 Å². The molecule has 6 heteroatoms. The standard InChI is InChI=1S/C22H24ClN3O2/c1-16(2)24-22(27)20-15-28-21(25-20)14-26(12-17-6-4-3-5-7-17)13-18-8-10-19(23)11-9-18/h3-11,15-16H,12-14H2,1-2H3,(H,24,27). The summed E-state index contributed by atoms with van der Waals surface area (Å²) >= 11 is 6.00. The molecule has 0 atom stereocenters. The molecule has 28 heavy (non-hydrogen) atoms. The lowest BCUT2D eigenvalue weighted by atomic mass is 10.1. The first-order valence-corrected chi connectivity index (χ1v) is 9.63. The summed E-state index contributed by atoms with van der Waals surface area (Å²) in [6.45, 7) is 5.76. The van der Waals surface area contributed by atoms with Crippen LogP contribution in [0.5, 0.6) is 0 Å². The number of nitrogens with one attached hydrogen (secondary N) is 1. The Morgan fingerprint density at radius 1 is 1.04 bits per heavy atom. The zero-order valence-electron chi connectivity index (χ0n) is 16.1. The Morgan fingerprint density at radius 3 is 2.32 bits per heavy atom. The lowest BCUT2D eigenvalue weighted by molar-refractivity contribution is 0.0938. The van der Waals surface area contributed by atoms with Crippen LogP contribution in [0.25, 0.3) is 0 Å². The number of oxazole rings is 1. The molecule has 0 aliphatic carbocycles. The molecule has 0 bridgehead atoms. The first-order valence-electron chi connectivity index (χ1n) is 9.25. The maximum absolute atomic E-state index is 12.1. The zero-order valence-corrected chi connectivity index (χ0v) is 16.8. The third-order valence-electron chi connectivity index (χ3n) is 4.13. The van der Waals surface area contributed by atoms with E-state index < -0.39 is 0 Å². The summed E-state index contributed by atoms with van der Waals surface area (Å²) in [5.74, 6) is 0.288. The summed E-state index contributed by atoms with van der Waals surface area (Å²) in [5, 5.41) is 3.54. The number of halogens is 1. The average molecular weight is 398 g/mol. The van der Waals surface area contributed by atoms with Gasteiger partial charge in [0.1, 0.15) is 6.26 Å². The monoisotopic (exact) mass is 397 g/mol. The van der Waals surface area contributed by atoms with Crippen molar-refractivity contribution in [1.82, 2.24) is 15.2 Å². The molecule has 0 radical (unpaired) electrons. The van der Waals surface area contributed by atoms with Crippen molar-refractivity contribution in [2.45, 2.75) is 39.5 Å². The quantitative estimate of drug-likeness (QED) is 0.600. The Labute approximate surface area is 170 Å². The Balaban J connectivity index is 1.74. The highest BCUT2D eigenvalue weighted by atomic mass is 35.5. The van der Waals surface area contributed by atoms with Crippen LogP contribution in [0.2, 0.25) is 5.02 Å². The largest absolute Gasteiger partial charge is 0.447 e. The van der Waals surface area contributed by atoms with Crippen LogP contribution in [-0.4, -0.2) is 21.8 Å². The van der Waals surface area contributed by atoms with Gasteiger partial charge in [-0.2, -0.15) is 0 Å². The van der Waals surface area contributed by atoms with Gasteiger partial charge in [-0.25, -0.2) is 4.98 Å². The van der Waals surface area contributed by atoms with Crippen molar-refractivity contribution in [2.75, 3.05) is 0 Å². The van der Waals surface area contributed by atoms with Gasteiger partial charge in [0.2, 0.25) is 5.89 Å². The Hall–Kier alpha value is -2.63. The fourth-order valence-corrected chi connectivity index (χ4v) is 3.00. The molecule has 1 N–H and O–H groups in total. The van der Waals surface area contributed by atoms with Gasteiger partial charge in [-0.05, 0) is 37.1 Å². The third kappa shape index (κ3) is 5.94. The summed E-state index contributed by atoms with van der Waals surface area (Å²) in [7, 11) is 0. The maximum Gasteiger partial charge on any atom is 0.273 e. The molecule has 0 unspecified atom stereocenters. The molecule has 2 aromatic carbocycles. The minimum absolute atomic E-state index is 0.0483.